The second kappa shape index (κ2) is 7.47. The molecular weight excluding hydrogens is 412 g/mol. The fraction of sp³-hybridized carbons (Fsp3) is 0.105. The number of carbonyl (C=O) groups excluding carboxylic acids is 1. The van der Waals surface area contributed by atoms with Crippen molar-refractivity contribution in [3.8, 4) is 0 Å². The number of aromatic nitrogens is 3. The van der Waals surface area contributed by atoms with Crippen molar-refractivity contribution in [1.29, 1.82) is 0 Å². The standard InChI is InChI=1S/C19H15BrN4OS/c20-14-7-3-1-5-12(14)9-21-16(25)10-26-19-18-17(22-11-23-19)13-6-2-4-8-15(13)24-18/h1-8,11,24H,9-10H2,(H,21,25). The first-order valence-corrected chi connectivity index (χ1v) is 9.84. The first kappa shape index (κ1) is 17.1. The van der Waals surface area contributed by atoms with Gasteiger partial charge in [0, 0.05) is 21.9 Å². The van der Waals surface area contributed by atoms with Crippen LogP contribution < -0.4 is 5.32 Å². The number of nitrogens with zero attached hydrogens (tertiary/aromatic N) is 2. The van der Waals surface area contributed by atoms with E-state index in [0.29, 0.717) is 12.3 Å². The zero-order valence-corrected chi connectivity index (χ0v) is 16.1. The molecule has 4 rings (SSSR count). The minimum atomic E-state index is -0.0337. The number of halogens is 1. The van der Waals surface area contributed by atoms with E-state index in [0.717, 1.165) is 37.0 Å². The number of carbonyl (C=O) groups is 1. The molecule has 0 bridgehead atoms. The topological polar surface area (TPSA) is 70.7 Å². The molecule has 2 aromatic heterocycles. The van der Waals surface area contributed by atoms with Crippen LogP contribution in [0.4, 0.5) is 0 Å². The second-order valence-electron chi connectivity index (χ2n) is 5.73. The SMILES string of the molecule is O=C(CSc1ncnc2c1[nH]c1ccccc12)NCc1ccccc1Br. The summed E-state index contributed by atoms with van der Waals surface area (Å²) in [5.74, 6) is 0.264. The Morgan fingerprint density at radius 1 is 1.12 bits per heavy atom. The molecule has 0 radical (unpaired) electrons. The molecule has 7 heteroatoms. The number of rotatable bonds is 5. The third-order valence-electron chi connectivity index (χ3n) is 4.03. The van der Waals surface area contributed by atoms with E-state index in [9.17, 15) is 4.79 Å². The number of benzene rings is 2. The van der Waals surface area contributed by atoms with Crippen LogP contribution in [-0.4, -0.2) is 26.6 Å². The number of fused-ring (bicyclic) bond motifs is 3. The van der Waals surface area contributed by atoms with Gasteiger partial charge in [-0.25, -0.2) is 9.97 Å². The predicted molar refractivity (Wildman–Crippen MR) is 108 cm³/mol. The van der Waals surface area contributed by atoms with Crippen LogP contribution in [0.2, 0.25) is 0 Å². The number of hydrogen-bond acceptors (Lipinski definition) is 4. The van der Waals surface area contributed by atoms with E-state index in [2.05, 4.69) is 36.2 Å². The van der Waals surface area contributed by atoms with Gasteiger partial charge in [-0.15, -0.1) is 0 Å². The molecule has 0 unspecified atom stereocenters. The zero-order valence-electron chi connectivity index (χ0n) is 13.7. The summed E-state index contributed by atoms with van der Waals surface area (Å²) in [6.45, 7) is 0.492. The molecule has 0 saturated carbocycles. The fourth-order valence-electron chi connectivity index (χ4n) is 2.75. The summed E-state index contributed by atoms with van der Waals surface area (Å²) in [5, 5.41) is 4.78. The van der Waals surface area contributed by atoms with Crippen LogP contribution in [0.5, 0.6) is 0 Å². The van der Waals surface area contributed by atoms with Gasteiger partial charge in [0.2, 0.25) is 5.91 Å². The number of aromatic amines is 1. The van der Waals surface area contributed by atoms with Crippen molar-refractivity contribution in [2.45, 2.75) is 11.6 Å². The number of thioether (sulfide) groups is 1. The number of amides is 1. The Hall–Kier alpha value is -2.38. The van der Waals surface area contributed by atoms with Gasteiger partial charge in [-0.2, -0.15) is 0 Å². The maximum Gasteiger partial charge on any atom is 0.230 e. The average Bonchev–Trinajstić information content (AvgIpc) is 3.05. The summed E-state index contributed by atoms with van der Waals surface area (Å²) in [5.41, 5.74) is 3.82. The van der Waals surface area contributed by atoms with Gasteiger partial charge in [0.1, 0.15) is 16.9 Å². The summed E-state index contributed by atoms with van der Waals surface area (Å²) < 4.78 is 0.989. The maximum atomic E-state index is 12.2. The molecule has 0 saturated heterocycles. The summed E-state index contributed by atoms with van der Waals surface area (Å²) in [6, 6.07) is 15.9. The van der Waals surface area contributed by atoms with Crippen LogP contribution >= 0.6 is 27.7 Å². The molecule has 0 aliphatic heterocycles. The van der Waals surface area contributed by atoms with Gasteiger partial charge in [0.15, 0.2) is 0 Å². The molecular formula is C19H15BrN4OS. The molecule has 0 fully saturated rings. The van der Waals surface area contributed by atoms with Crippen LogP contribution in [0, 0.1) is 0 Å². The van der Waals surface area contributed by atoms with E-state index < -0.39 is 0 Å². The van der Waals surface area contributed by atoms with Gasteiger partial charge in [0.25, 0.3) is 0 Å². The Labute approximate surface area is 162 Å². The van der Waals surface area contributed by atoms with Crippen LogP contribution in [0.3, 0.4) is 0 Å². The number of para-hydroxylation sites is 1. The average molecular weight is 427 g/mol. The molecule has 0 spiro atoms. The molecule has 0 aliphatic carbocycles. The molecule has 0 aliphatic rings. The minimum absolute atomic E-state index is 0.0337. The molecule has 2 aromatic carbocycles. The lowest BCUT2D eigenvalue weighted by Crippen LogP contribution is -2.24. The van der Waals surface area contributed by atoms with E-state index in [4.69, 9.17) is 0 Å². The zero-order chi connectivity index (χ0) is 17.9. The highest BCUT2D eigenvalue weighted by Gasteiger charge is 2.12. The Bertz CT molecular complexity index is 1100. The highest BCUT2D eigenvalue weighted by molar-refractivity contribution is 9.10. The first-order valence-electron chi connectivity index (χ1n) is 8.06. The minimum Gasteiger partial charge on any atom is -0.351 e. The highest BCUT2D eigenvalue weighted by atomic mass is 79.9. The van der Waals surface area contributed by atoms with Gasteiger partial charge >= 0.3 is 0 Å². The Morgan fingerprint density at radius 3 is 2.81 bits per heavy atom. The molecule has 4 aromatic rings. The number of hydrogen-bond donors (Lipinski definition) is 2. The first-order chi connectivity index (χ1) is 12.7. The van der Waals surface area contributed by atoms with Crippen molar-refractivity contribution in [3.63, 3.8) is 0 Å². The van der Waals surface area contributed by atoms with E-state index in [-0.39, 0.29) is 5.91 Å². The Balaban J connectivity index is 1.46. The third kappa shape index (κ3) is 3.45. The number of nitrogens with one attached hydrogen (secondary N) is 2. The van der Waals surface area contributed by atoms with Crippen molar-refractivity contribution in [2.24, 2.45) is 0 Å². The van der Waals surface area contributed by atoms with Crippen molar-refractivity contribution < 1.29 is 4.79 Å². The molecule has 130 valence electrons. The maximum absolute atomic E-state index is 12.2. The number of H-pyrrole nitrogens is 1. The lowest BCUT2D eigenvalue weighted by Gasteiger charge is -2.07. The van der Waals surface area contributed by atoms with Crippen LogP contribution in [0.15, 0.2) is 64.4 Å². The Morgan fingerprint density at radius 2 is 1.92 bits per heavy atom. The summed E-state index contributed by atoms with van der Waals surface area (Å²) in [7, 11) is 0. The monoisotopic (exact) mass is 426 g/mol. The lowest BCUT2D eigenvalue weighted by atomic mass is 10.2. The van der Waals surface area contributed by atoms with Crippen LogP contribution in [0.25, 0.3) is 21.9 Å². The van der Waals surface area contributed by atoms with Gasteiger partial charge in [-0.3, -0.25) is 4.79 Å². The Kier molecular flexibility index (Phi) is 4.90. The lowest BCUT2D eigenvalue weighted by molar-refractivity contribution is -0.118. The van der Waals surface area contributed by atoms with E-state index >= 15 is 0 Å². The van der Waals surface area contributed by atoms with E-state index in [1.165, 1.54) is 11.8 Å². The van der Waals surface area contributed by atoms with E-state index in [1.54, 1.807) is 6.33 Å². The van der Waals surface area contributed by atoms with Crippen molar-refractivity contribution in [1.82, 2.24) is 20.3 Å². The fourth-order valence-corrected chi connectivity index (χ4v) is 3.96. The third-order valence-corrected chi connectivity index (χ3v) is 5.79. The van der Waals surface area contributed by atoms with Crippen molar-refractivity contribution in [3.05, 3.63) is 64.9 Å². The van der Waals surface area contributed by atoms with Crippen LogP contribution in [0.1, 0.15) is 5.56 Å². The molecule has 1 amide bonds. The molecule has 2 N–H and O–H groups in total. The largest absolute Gasteiger partial charge is 0.351 e. The smallest absolute Gasteiger partial charge is 0.230 e. The van der Waals surface area contributed by atoms with Crippen LogP contribution in [-0.2, 0) is 11.3 Å². The van der Waals surface area contributed by atoms with Crippen molar-refractivity contribution >= 4 is 55.5 Å². The highest BCUT2D eigenvalue weighted by Crippen LogP contribution is 2.29. The van der Waals surface area contributed by atoms with E-state index in [1.807, 2.05) is 48.5 Å². The molecule has 0 atom stereocenters. The summed E-state index contributed by atoms with van der Waals surface area (Å²) in [4.78, 5) is 24.3. The predicted octanol–water partition coefficient (Wildman–Crippen LogP) is 4.28. The second-order valence-corrected chi connectivity index (χ2v) is 7.55. The normalized spacial score (nSPS) is 11.1. The summed E-state index contributed by atoms with van der Waals surface area (Å²) >= 11 is 4.89. The van der Waals surface area contributed by atoms with Gasteiger partial charge in [-0.1, -0.05) is 64.1 Å². The molecule has 2 heterocycles. The van der Waals surface area contributed by atoms with Gasteiger partial charge < -0.3 is 10.3 Å². The molecule has 5 nitrogen and oxygen atoms in total. The van der Waals surface area contributed by atoms with Gasteiger partial charge in [-0.05, 0) is 17.7 Å². The molecule has 26 heavy (non-hydrogen) atoms. The van der Waals surface area contributed by atoms with Gasteiger partial charge in [0.05, 0.1) is 11.3 Å². The summed E-state index contributed by atoms with van der Waals surface area (Å²) in [6.07, 6.45) is 1.55. The quantitative estimate of drug-likeness (QED) is 0.369. The van der Waals surface area contributed by atoms with Crippen molar-refractivity contribution in [2.75, 3.05) is 5.75 Å².